The standard InChI is InChI=1S/C12H15NO3/c1-5-10-9(8-15-13-10)6-7-11(14)16-12(2,3)4/h8H,5H2,1-4H3. The van der Waals surface area contributed by atoms with E-state index < -0.39 is 11.6 Å². The number of hydrogen-bond donors (Lipinski definition) is 0. The smallest absolute Gasteiger partial charge is 0.385 e. The first-order chi connectivity index (χ1) is 7.42. The van der Waals surface area contributed by atoms with Gasteiger partial charge in [0.25, 0.3) is 0 Å². The molecule has 0 fully saturated rings. The zero-order valence-corrected chi connectivity index (χ0v) is 9.96. The Morgan fingerprint density at radius 1 is 1.56 bits per heavy atom. The fourth-order valence-corrected chi connectivity index (χ4v) is 1.04. The van der Waals surface area contributed by atoms with Crippen molar-refractivity contribution in [3.05, 3.63) is 17.5 Å². The molecule has 86 valence electrons. The van der Waals surface area contributed by atoms with Gasteiger partial charge >= 0.3 is 5.97 Å². The van der Waals surface area contributed by atoms with Crippen molar-refractivity contribution in [2.75, 3.05) is 0 Å². The summed E-state index contributed by atoms with van der Waals surface area (Å²) in [5, 5.41) is 3.76. The topological polar surface area (TPSA) is 52.3 Å². The minimum atomic E-state index is -0.546. The maximum Gasteiger partial charge on any atom is 0.385 e. The molecule has 0 aliphatic rings. The van der Waals surface area contributed by atoms with Crippen LogP contribution in [0.1, 0.15) is 39.0 Å². The second-order valence-electron chi connectivity index (χ2n) is 4.28. The number of aryl methyl sites for hydroxylation is 1. The average molecular weight is 221 g/mol. The lowest BCUT2D eigenvalue weighted by Crippen LogP contribution is -2.22. The Balaban J connectivity index is 2.71. The Morgan fingerprint density at radius 3 is 2.81 bits per heavy atom. The van der Waals surface area contributed by atoms with Crippen molar-refractivity contribution in [1.82, 2.24) is 5.16 Å². The van der Waals surface area contributed by atoms with Gasteiger partial charge in [-0.3, -0.25) is 0 Å². The summed E-state index contributed by atoms with van der Waals surface area (Å²) in [6.45, 7) is 7.33. The molecule has 0 aliphatic carbocycles. The Labute approximate surface area is 95.0 Å². The van der Waals surface area contributed by atoms with Gasteiger partial charge in [0, 0.05) is 5.92 Å². The molecular weight excluding hydrogens is 206 g/mol. The van der Waals surface area contributed by atoms with E-state index in [2.05, 4.69) is 17.0 Å². The Kier molecular flexibility index (Phi) is 3.73. The summed E-state index contributed by atoms with van der Waals surface area (Å²) < 4.78 is 9.81. The van der Waals surface area contributed by atoms with Crippen LogP contribution < -0.4 is 0 Å². The second kappa shape index (κ2) is 4.84. The average Bonchev–Trinajstić information content (AvgIpc) is 2.59. The summed E-state index contributed by atoms with van der Waals surface area (Å²) >= 11 is 0. The van der Waals surface area contributed by atoms with Gasteiger partial charge in [0.2, 0.25) is 0 Å². The zero-order valence-electron chi connectivity index (χ0n) is 9.96. The molecule has 0 saturated carbocycles. The van der Waals surface area contributed by atoms with E-state index in [1.165, 1.54) is 6.26 Å². The molecule has 0 saturated heterocycles. The third-order valence-corrected chi connectivity index (χ3v) is 1.68. The summed E-state index contributed by atoms with van der Waals surface area (Å²) in [4.78, 5) is 11.3. The molecule has 4 heteroatoms. The van der Waals surface area contributed by atoms with Crippen LogP contribution in [0.3, 0.4) is 0 Å². The first kappa shape index (κ1) is 12.3. The van der Waals surface area contributed by atoms with Crippen LogP contribution in [0.5, 0.6) is 0 Å². The maximum atomic E-state index is 11.3. The van der Waals surface area contributed by atoms with Gasteiger partial charge in [-0.15, -0.1) is 0 Å². The van der Waals surface area contributed by atoms with E-state index in [-0.39, 0.29) is 0 Å². The molecule has 1 aromatic heterocycles. The number of ether oxygens (including phenoxy) is 1. The van der Waals surface area contributed by atoms with Crippen LogP contribution in [0.2, 0.25) is 0 Å². The predicted molar refractivity (Wildman–Crippen MR) is 58.6 cm³/mol. The van der Waals surface area contributed by atoms with Gasteiger partial charge < -0.3 is 9.26 Å². The first-order valence-electron chi connectivity index (χ1n) is 5.10. The van der Waals surface area contributed by atoms with Gasteiger partial charge in [-0.05, 0) is 33.1 Å². The van der Waals surface area contributed by atoms with Crippen LogP contribution in [-0.2, 0) is 16.0 Å². The maximum absolute atomic E-state index is 11.3. The highest BCUT2D eigenvalue weighted by molar-refractivity contribution is 5.89. The summed E-state index contributed by atoms with van der Waals surface area (Å²) in [7, 11) is 0. The second-order valence-corrected chi connectivity index (χ2v) is 4.28. The van der Waals surface area contributed by atoms with Crippen molar-refractivity contribution in [3.63, 3.8) is 0 Å². The number of aromatic nitrogens is 1. The van der Waals surface area contributed by atoms with Crippen LogP contribution in [0.25, 0.3) is 0 Å². The molecule has 0 bridgehead atoms. The number of esters is 1. The van der Waals surface area contributed by atoms with Crippen molar-refractivity contribution < 1.29 is 14.1 Å². The lowest BCUT2D eigenvalue weighted by molar-refractivity contribution is -0.147. The summed E-state index contributed by atoms with van der Waals surface area (Å²) in [6, 6.07) is 0. The van der Waals surface area contributed by atoms with Crippen molar-refractivity contribution in [3.8, 4) is 11.8 Å². The van der Waals surface area contributed by atoms with Gasteiger partial charge in [0.05, 0.1) is 11.3 Å². The molecule has 0 radical (unpaired) electrons. The van der Waals surface area contributed by atoms with Crippen LogP contribution in [0.4, 0.5) is 0 Å². The van der Waals surface area contributed by atoms with E-state index in [0.29, 0.717) is 5.56 Å². The van der Waals surface area contributed by atoms with Gasteiger partial charge in [-0.1, -0.05) is 12.1 Å². The minimum Gasteiger partial charge on any atom is -0.450 e. The van der Waals surface area contributed by atoms with Crippen LogP contribution in [-0.4, -0.2) is 16.7 Å². The minimum absolute atomic E-state index is 0.520. The predicted octanol–water partition coefficient (Wildman–Crippen LogP) is 1.93. The molecule has 0 aliphatic heterocycles. The first-order valence-corrected chi connectivity index (χ1v) is 5.10. The van der Waals surface area contributed by atoms with E-state index in [1.807, 2.05) is 6.92 Å². The molecule has 0 spiro atoms. The molecule has 0 amide bonds. The molecule has 4 nitrogen and oxygen atoms in total. The Hall–Kier alpha value is -1.76. The Morgan fingerprint density at radius 2 is 2.25 bits per heavy atom. The van der Waals surface area contributed by atoms with Gasteiger partial charge in [0.1, 0.15) is 11.9 Å². The van der Waals surface area contributed by atoms with Crippen molar-refractivity contribution in [2.45, 2.75) is 39.7 Å². The largest absolute Gasteiger partial charge is 0.450 e. The third-order valence-electron chi connectivity index (χ3n) is 1.68. The van der Waals surface area contributed by atoms with Gasteiger partial charge in [-0.2, -0.15) is 0 Å². The number of nitrogens with zero attached hydrogens (tertiary/aromatic N) is 1. The van der Waals surface area contributed by atoms with Gasteiger partial charge in [-0.25, -0.2) is 4.79 Å². The fraction of sp³-hybridized carbons (Fsp3) is 0.500. The summed E-state index contributed by atoms with van der Waals surface area (Å²) in [6.07, 6.45) is 2.14. The summed E-state index contributed by atoms with van der Waals surface area (Å²) in [5.41, 5.74) is 0.859. The van der Waals surface area contributed by atoms with Gasteiger partial charge in [0.15, 0.2) is 0 Å². The van der Waals surface area contributed by atoms with Crippen molar-refractivity contribution >= 4 is 5.97 Å². The molecule has 0 atom stereocenters. The molecule has 0 N–H and O–H groups in total. The lowest BCUT2D eigenvalue weighted by atomic mass is 10.2. The molecule has 0 unspecified atom stereocenters. The van der Waals surface area contributed by atoms with Crippen LogP contribution in [0, 0.1) is 11.8 Å². The number of rotatable bonds is 1. The molecular formula is C12H15NO3. The lowest BCUT2D eigenvalue weighted by Gasteiger charge is -2.16. The molecule has 16 heavy (non-hydrogen) atoms. The van der Waals surface area contributed by atoms with E-state index in [0.717, 1.165) is 12.1 Å². The number of hydrogen-bond acceptors (Lipinski definition) is 4. The van der Waals surface area contributed by atoms with Crippen LogP contribution in [0.15, 0.2) is 10.8 Å². The van der Waals surface area contributed by atoms with E-state index in [4.69, 9.17) is 9.26 Å². The third kappa shape index (κ3) is 3.77. The van der Waals surface area contributed by atoms with Crippen molar-refractivity contribution in [2.24, 2.45) is 0 Å². The highest BCUT2D eigenvalue weighted by Crippen LogP contribution is 2.07. The molecule has 1 heterocycles. The van der Waals surface area contributed by atoms with E-state index in [1.54, 1.807) is 20.8 Å². The molecule has 1 rings (SSSR count). The fourth-order valence-electron chi connectivity index (χ4n) is 1.04. The van der Waals surface area contributed by atoms with Crippen LogP contribution >= 0.6 is 0 Å². The normalized spacial score (nSPS) is 10.5. The number of carbonyl (C=O) groups excluding carboxylic acids is 1. The molecule has 1 aromatic rings. The molecule has 0 aromatic carbocycles. The van der Waals surface area contributed by atoms with E-state index >= 15 is 0 Å². The van der Waals surface area contributed by atoms with Crippen molar-refractivity contribution in [1.29, 1.82) is 0 Å². The highest BCUT2D eigenvalue weighted by Gasteiger charge is 2.14. The zero-order chi connectivity index (χ0) is 12.2. The Bertz CT molecular complexity index is 429. The quantitative estimate of drug-likeness (QED) is 0.537. The number of carbonyl (C=O) groups is 1. The summed E-state index contributed by atoms with van der Waals surface area (Å²) in [5.74, 6) is 4.55. The SMILES string of the molecule is CCc1nocc1C#CC(=O)OC(C)(C)C. The highest BCUT2D eigenvalue weighted by atomic mass is 16.6. The monoisotopic (exact) mass is 221 g/mol. The van der Waals surface area contributed by atoms with E-state index in [9.17, 15) is 4.79 Å².